The van der Waals surface area contributed by atoms with E-state index in [1.54, 1.807) is 12.4 Å². The second-order valence-electron chi connectivity index (χ2n) is 5.54. The Labute approximate surface area is 134 Å². The second-order valence-corrected chi connectivity index (χ2v) is 6.31. The predicted octanol–water partition coefficient (Wildman–Crippen LogP) is 3.18. The topological polar surface area (TPSA) is 54.9 Å². The number of nitrogens with zero attached hydrogens (tertiary/aromatic N) is 2. The van der Waals surface area contributed by atoms with Crippen molar-refractivity contribution >= 4 is 17.7 Å². The van der Waals surface area contributed by atoms with Gasteiger partial charge in [0.1, 0.15) is 0 Å². The van der Waals surface area contributed by atoms with Gasteiger partial charge in [-0.15, -0.1) is 0 Å². The number of thioether (sulfide) groups is 1. The molecular weight excluding hydrogens is 294 g/mol. The molecule has 0 saturated carbocycles. The van der Waals surface area contributed by atoms with Gasteiger partial charge in [-0.1, -0.05) is 30.0 Å². The van der Waals surface area contributed by atoms with Crippen LogP contribution in [-0.2, 0) is 12.8 Å². The molecule has 0 spiro atoms. The quantitative estimate of drug-likeness (QED) is 0.696. The van der Waals surface area contributed by atoms with Crippen LogP contribution < -0.4 is 5.32 Å². The first kappa shape index (κ1) is 15.0. The SMILES string of the molecule is CSc1ncc(C(=O)N[C@H](C)c2ccc3c(c2)CCC3)cn1. The second kappa shape index (κ2) is 6.48. The van der Waals surface area contributed by atoms with Crippen molar-refractivity contribution in [3.8, 4) is 0 Å². The molecular formula is C17H19N3OS. The molecule has 1 aromatic carbocycles. The zero-order valence-corrected chi connectivity index (χ0v) is 13.6. The number of nitrogens with one attached hydrogen (secondary N) is 1. The van der Waals surface area contributed by atoms with E-state index in [-0.39, 0.29) is 11.9 Å². The summed E-state index contributed by atoms with van der Waals surface area (Å²) in [5, 5.41) is 3.69. The Morgan fingerprint density at radius 2 is 1.95 bits per heavy atom. The summed E-state index contributed by atoms with van der Waals surface area (Å²) in [5.41, 5.74) is 4.51. The van der Waals surface area contributed by atoms with Gasteiger partial charge in [-0.25, -0.2) is 9.97 Å². The van der Waals surface area contributed by atoms with Crippen LogP contribution in [0, 0.1) is 0 Å². The van der Waals surface area contributed by atoms with Crippen molar-refractivity contribution in [3.63, 3.8) is 0 Å². The standard InChI is InChI=1S/C17H19N3OS/c1-11(13-7-6-12-4-3-5-14(12)8-13)20-16(21)15-9-18-17(22-2)19-10-15/h6-11H,3-5H2,1-2H3,(H,20,21)/t11-/m1/s1. The molecule has 1 atom stereocenters. The zero-order valence-electron chi connectivity index (χ0n) is 12.8. The summed E-state index contributed by atoms with van der Waals surface area (Å²) in [6, 6.07) is 6.50. The lowest BCUT2D eigenvalue weighted by molar-refractivity contribution is 0.0939. The van der Waals surface area contributed by atoms with Gasteiger partial charge in [-0.2, -0.15) is 0 Å². The van der Waals surface area contributed by atoms with Gasteiger partial charge in [-0.3, -0.25) is 4.79 Å². The van der Waals surface area contributed by atoms with E-state index in [1.807, 2.05) is 13.2 Å². The van der Waals surface area contributed by atoms with Crippen LogP contribution >= 0.6 is 11.8 Å². The lowest BCUT2D eigenvalue weighted by Crippen LogP contribution is -2.27. The fraction of sp³-hybridized carbons (Fsp3) is 0.353. The predicted molar refractivity (Wildman–Crippen MR) is 88.2 cm³/mol. The van der Waals surface area contributed by atoms with Crippen LogP contribution in [0.5, 0.6) is 0 Å². The molecule has 3 rings (SSSR count). The van der Waals surface area contributed by atoms with Crippen LogP contribution in [0.2, 0.25) is 0 Å². The number of benzene rings is 1. The Morgan fingerprint density at radius 1 is 1.23 bits per heavy atom. The molecule has 0 bridgehead atoms. The van der Waals surface area contributed by atoms with Crippen molar-refractivity contribution in [1.29, 1.82) is 0 Å². The van der Waals surface area contributed by atoms with E-state index in [0.29, 0.717) is 10.7 Å². The monoisotopic (exact) mass is 313 g/mol. The van der Waals surface area contributed by atoms with E-state index in [2.05, 4.69) is 33.5 Å². The highest BCUT2D eigenvalue weighted by Gasteiger charge is 2.16. The van der Waals surface area contributed by atoms with E-state index >= 15 is 0 Å². The van der Waals surface area contributed by atoms with E-state index in [9.17, 15) is 4.79 Å². The summed E-state index contributed by atoms with van der Waals surface area (Å²) in [7, 11) is 0. The van der Waals surface area contributed by atoms with Gasteiger partial charge in [0.15, 0.2) is 5.16 Å². The third-order valence-electron chi connectivity index (χ3n) is 4.04. The third kappa shape index (κ3) is 3.14. The van der Waals surface area contributed by atoms with Crippen LogP contribution in [0.15, 0.2) is 35.7 Å². The van der Waals surface area contributed by atoms with Crippen molar-refractivity contribution in [3.05, 3.63) is 52.8 Å². The van der Waals surface area contributed by atoms with Crippen LogP contribution in [0.25, 0.3) is 0 Å². The molecule has 0 aliphatic heterocycles. The number of amides is 1. The molecule has 1 aromatic heterocycles. The smallest absolute Gasteiger partial charge is 0.254 e. The first-order valence-corrected chi connectivity index (χ1v) is 8.68. The molecule has 1 amide bonds. The molecule has 1 aliphatic carbocycles. The maximum Gasteiger partial charge on any atom is 0.254 e. The van der Waals surface area contributed by atoms with Crippen LogP contribution in [0.3, 0.4) is 0 Å². The van der Waals surface area contributed by atoms with Crippen molar-refractivity contribution in [2.45, 2.75) is 37.4 Å². The number of rotatable bonds is 4. The molecule has 0 radical (unpaired) electrons. The highest BCUT2D eigenvalue weighted by atomic mass is 32.2. The number of hydrogen-bond acceptors (Lipinski definition) is 4. The van der Waals surface area contributed by atoms with E-state index < -0.39 is 0 Å². The van der Waals surface area contributed by atoms with E-state index in [1.165, 1.54) is 35.7 Å². The maximum absolute atomic E-state index is 12.3. The molecule has 2 aromatic rings. The molecule has 1 heterocycles. The molecule has 4 nitrogen and oxygen atoms in total. The summed E-state index contributed by atoms with van der Waals surface area (Å²) >= 11 is 1.46. The van der Waals surface area contributed by atoms with Gasteiger partial charge in [0.2, 0.25) is 0 Å². The average Bonchev–Trinajstić information content (AvgIpc) is 3.02. The molecule has 0 unspecified atom stereocenters. The number of fused-ring (bicyclic) bond motifs is 1. The number of hydrogen-bond donors (Lipinski definition) is 1. The Balaban J connectivity index is 1.70. The van der Waals surface area contributed by atoms with Gasteiger partial charge in [0.05, 0.1) is 11.6 Å². The largest absolute Gasteiger partial charge is 0.345 e. The Morgan fingerprint density at radius 3 is 2.68 bits per heavy atom. The lowest BCUT2D eigenvalue weighted by Gasteiger charge is -2.15. The van der Waals surface area contributed by atoms with Crippen molar-refractivity contribution in [2.24, 2.45) is 0 Å². The van der Waals surface area contributed by atoms with Crippen molar-refractivity contribution in [1.82, 2.24) is 15.3 Å². The highest BCUT2D eigenvalue weighted by Crippen LogP contribution is 2.25. The minimum absolute atomic E-state index is 0.0290. The Kier molecular flexibility index (Phi) is 4.43. The molecule has 22 heavy (non-hydrogen) atoms. The van der Waals surface area contributed by atoms with Gasteiger partial charge >= 0.3 is 0 Å². The Hall–Kier alpha value is -1.88. The highest BCUT2D eigenvalue weighted by molar-refractivity contribution is 7.98. The normalized spacial score (nSPS) is 14.5. The van der Waals surface area contributed by atoms with Gasteiger partial charge < -0.3 is 5.32 Å². The summed E-state index contributed by atoms with van der Waals surface area (Å²) in [6.45, 7) is 2.01. The summed E-state index contributed by atoms with van der Waals surface area (Å²) in [4.78, 5) is 20.5. The minimum atomic E-state index is -0.138. The summed E-state index contributed by atoms with van der Waals surface area (Å²) in [6.07, 6.45) is 8.61. The fourth-order valence-electron chi connectivity index (χ4n) is 2.76. The molecule has 5 heteroatoms. The Bertz CT molecular complexity index is 685. The first-order valence-electron chi connectivity index (χ1n) is 7.46. The van der Waals surface area contributed by atoms with Crippen molar-refractivity contribution < 1.29 is 4.79 Å². The lowest BCUT2D eigenvalue weighted by atomic mass is 10.0. The number of aromatic nitrogens is 2. The van der Waals surface area contributed by atoms with E-state index in [0.717, 1.165) is 12.0 Å². The minimum Gasteiger partial charge on any atom is -0.345 e. The first-order chi connectivity index (χ1) is 10.7. The molecule has 114 valence electrons. The fourth-order valence-corrected chi connectivity index (χ4v) is 3.08. The summed E-state index contributed by atoms with van der Waals surface area (Å²) < 4.78 is 0. The van der Waals surface area contributed by atoms with Gasteiger partial charge in [0, 0.05) is 12.4 Å². The van der Waals surface area contributed by atoms with Crippen LogP contribution in [0.1, 0.15) is 46.4 Å². The third-order valence-corrected chi connectivity index (χ3v) is 4.62. The number of carbonyl (C=O) groups is 1. The average molecular weight is 313 g/mol. The van der Waals surface area contributed by atoms with Gasteiger partial charge in [0.25, 0.3) is 5.91 Å². The zero-order chi connectivity index (χ0) is 15.5. The number of aryl methyl sites for hydroxylation is 2. The van der Waals surface area contributed by atoms with Gasteiger partial charge in [-0.05, 0) is 49.1 Å². The molecule has 1 N–H and O–H groups in total. The maximum atomic E-state index is 12.3. The molecule has 0 saturated heterocycles. The summed E-state index contributed by atoms with van der Waals surface area (Å²) in [5.74, 6) is -0.138. The van der Waals surface area contributed by atoms with Crippen LogP contribution in [-0.4, -0.2) is 22.1 Å². The van der Waals surface area contributed by atoms with Crippen molar-refractivity contribution in [2.75, 3.05) is 6.26 Å². The van der Waals surface area contributed by atoms with E-state index in [4.69, 9.17) is 0 Å². The van der Waals surface area contributed by atoms with Crippen LogP contribution in [0.4, 0.5) is 0 Å². The molecule has 0 fully saturated rings. The number of carbonyl (C=O) groups excluding carboxylic acids is 1. The molecule has 1 aliphatic rings.